The Labute approximate surface area is 140 Å². The van der Waals surface area contributed by atoms with Crippen molar-refractivity contribution in [3.63, 3.8) is 0 Å². The fourth-order valence-corrected chi connectivity index (χ4v) is 2.42. The Morgan fingerprint density at radius 2 is 1.82 bits per heavy atom. The van der Waals surface area contributed by atoms with Gasteiger partial charge in [0.25, 0.3) is 5.91 Å². The van der Waals surface area contributed by atoms with Gasteiger partial charge in [0.05, 0.1) is 11.6 Å². The van der Waals surface area contributed by atoms with Gasteiger partial charge in [0, 0.05) is 24.2 Å². The van der Waals surface area contributed by atoms with Crippen LogP contribution in [-0.4, -0.2) is 24.5 Å². The lowest BCUT2D eigenvalue weighted by Gasteiger charge is -2.18. The molecule has 0 spiro atoms. The quantitative estimate of drug-likeness (QED) is 0.793. The molecule has 0 saturated heterocycles. The van der Waals surface area contributed by atoms with Gasteiger partial charge in [-0.25, -0.2) is 0 Å². The Morgan fingerprint density at radius 3 is 2.41 bits per heavy atom. The second-order valence-corrected chi connectivity index (χ2v) is 5.71. The van der Waals surface area contributed by atoms with Gasteiger partial charge in [0.15, 0.2) is 0 Å². The molecule has 0 bridgehead atoms. The molecule has 0 aliphatic rings. The number of rotatable bonds is 5. The van der Waals surface area contributed by atoms with Crippen LogP contribution >= 0.6 is 23.2 Å². The summed E-state index contributed by atoms with van der Waals surface area (Å²) in [6.45, 7) is 2.92. The molecular formula is C17H17Cl2NO2. The lowest BCUT2D eigenvalue weighted by Crippen LogP contribution is -2.26. The second-order valence-electron chi connectivity index (χ2n) is 4.87. The van der Waals surface area contributed by atoms with Crippen LogP contribution in [0.3, 0.4) is 0 Å². The van der Waals surface area contributed by atoms with Crippen molar-refractivity contribution >= 4 is 29.1 Å². The first kappa shape index (κ1) is 16.7. The molecular weight excluding hydrogens is 321 g/mol. The summed E-state index contributed by atoms with van der Waals surface area (Å²) < 4.78 is 5.37. The Hall–Kier alpha value is -1.71. The molecule has 2 rings (SSSR count). The van der Waals surface area contributed by atoms with Gasteiger partial charge >= 0.3 is 0 Å². The minimum atomic E-state index is -0.0973. The average Bonchev–Trinajstić information content (AvgIpc) is 2.51. The van der Waals surface area contributed by atoms with Crippen molar-refractivity contribution < 1.29 is 9.53 Å². The third-order valence-corrected chi connectivity index (χ3v) is 3.71. The Bertz CT molecular complexity index is 656. The molecule has 0 heterocycles. The van der Waals surface area contributed by atoms with Gasteiger partial charge in [-0.3, -0.25) is 4.79 Å². The number of hydrogen-bond donors (Lipinski definition) is 0. The molecule has 2 aromatic rings. The van der Waals surface area contributed by atoms with E-state index in [0.29, 0.717) is 34.5 Å². The molecule has 0 atom stereocenters. The molecule has 0 N–H and O–H groups in total. The number of carbonyl (C=O) groups excluding carboxylic acids is 1. The Kier molecular flexibility index (Phi) is 5.69. The lowest BCUT2D eigenvalue weighted by molar-refractivity contribution is 0.0785. The van der Waals surface area contributed by atoms with Gasteiger partial charge in [0.1, 0.15) is 5.75 Å². The van der Waals surface area contributed by atoms with Crippen LogP contribution in [0.25, 0.3) is 0 Å². The predicted octanol–water partition coefficient (Wildman–Crippen LogP) is 4.66. The van der Waals surface area contributed by atoms with E-state index in [2.05, 4.69) is 0 Å². The molecule has 0 aromatic heterocycles. The summed E-state index contributed by atoms with van der Waals surface area (Å²) in [5, 5.41) is 1.11. The summed E-state index contributed by atoms with van der Waals surface area (Å²) in [4.78, 5) is 14.1. The number of benzene rings is 2. The number of halogens is 2. The van der Waals surface area contributed by atoms with E-state index in [9.17, 15) is 4.79 Å². The summed E-state index contributed by atoms with van der Waals surface area (Å²) in [5.41, 5.74) is 1.54. The first-order valence-electron chi connectivity index (χ1n) is 6.93. The van der Waals surface area contributed by atoms with E-state index in [1.165, 1.54) is 0 Å². The maximum absolute atomic E-state index is 12.4. The molecule has 0 fully saturated rings. The molecule has 0 unspecified atom stereocenters. The van der Waals surface area contributed by atoms with Crippen molar-refractivity contribution in [3.05, 3.63) is 63.6 Å². The Morgan fingerprint density at radius 1 is 1.14 bits per heavy atom. The summed E-state index contributed by atoms with van der Waals surface area (Å²) >= 11 is 12.0. The van der Waals surface area contributed by atoms with Gasteiger partial charge in [-0.15, -0.1) is 0 Å². The van der Waals surface area contributed by atoms with Crippen LogP contribution in [-0.2, 0) is 6.54 Å². The van der Waals surface area contributed by atoms with E-state index < -0.39 is 0 Å². The molecule has 0 radical (unpaired) electrons. The predicted molar refractivity (Wildman–Crippen MR) is 89.9 cm³/mol. The topological polar surface area (TPSA) is 29.5 Å². The molecule has 3 nitrogen and oxygen atoms in total. The van der Waals surface area contributed by atoms with Gasteiger partial charge in [0.2, 0.25) is 0 Å². The zero-order valence-electron chi connectivity index (χ0n) is 12.5. The lowest BCUT2D eigenvalue weighted by atomic mass is 10.1. The average molecular weight is 338 g/mol. The summed E-state index contributed by atoms with van der Waals surface area (Å²) in [5.74, 6) is 0.487. The highest BCUT2D eigenvalue weighted by Crippen LogP contribution is 2.26. The van der Waals surface area contributed by atoms with E-state index in [-0.39, 0.29) is 5.91 Å². The number of nitrogens with zero attached hydrogens (tertiary/aromatic N) is 1. The summed E-state index contributed by atoms with van der Waals surface area (Å²) in [7, 11) is 1.75. The highest BCUT2D eigenvalue weighted by molar-refractivity contribution is 6.32. The van der Waals surface area contributed by atoms with Crippen molar-refractivity contribution in [2.24, 2.45) is 0 Å². The standard InChI is InChI=1S/C17H17Cl2NO2/c1-3-22-16-9-6-13(10-15(16)19)17(21)20(2)11-12-4-7-14(18)8-5-12/h4-10H,3,11H2,1-2H3. The smallest absolute Gasteiger partial charge is 0.253 e. The molecule has 0 aliphatic heterocycles. The van der Waals surface area contributed by atoms with Crippen LogP contribution in [0.15, 0.2) is 42.5 Å². The van der Waals surface area contributed by atoms with Gasteiger partial charge < -0.3 is 9.64 Å². The maximum atomic E-state index is 12.4. The third kappa shape index (κ3) is 4.15. The summed E-state index contributed by atoms with van der Waals surface area (Å²) in [6.07, 6.45) is 0. The fraction of sp³-hybridized carbons (Fsp3) is 0.235. The van der Waals surface area contributed by atoms with E-state index in [1.807, 2.05) is 31.2 Å². The molecule has 5 heteroatoms. The van der Waals surface area contributed by atoms with Crippen LogP contribution in [0.1, 0.15) is 22.8 Å². The van der Waals surface area contributed by atoms with Crippen molar-refractivity contribution in [2.45, 2.75) is 13.5 Å². The SMILES string of the molecule is CCOc1ccc(C(=O)N(C)Cc2ccc(Cl)cc2)cc1Cl. The van der Waals surface area contributed by atoms with Gasteiger partial charge in [-0.1, -0.05) is 35.3 Å². The van der Waals surface area contributed by atoms with Crippen LogP contribution in [0.5, 0.6) is 5.75 Å². The normalized spacial score (nSPS) is 10.4. The minimum absolute atomic E-state index is 0.0973. The van der Waals surface area contributed by atoms with Crippen LogP contribution in [0.2, 0.25) is 10.0 Å². The molecule has 22 heavy (non-hydrogen) atoms. The van der Waals surface area contributed by atoms with Crippen molar-refractivity contribution in [1.29, 1.82) is 0 Å². The highest BCUT2D eigenvalue weighted by atomic mass is 35.5. The van der Waals surface area contributed by atoms with E-state index in [1.54, 1.807) is 30.1 Å². The first-order valence-corrected chi connectivity index (χ1v) is 7.69. The monoisotopic (exact) mass is 337 g/mol. The number of carbonyl (C=O) groups is 1. The molecule has 0 saturated carbocycles. The van der Waals surface area contributed by atoms with E-state index in [4.69, 9.17) is 27.9 Å². The summed E-state index contributed by atoms with van der Waals surface area (Å²) in [6, 6.07) is 12.5. The van der Waals surface area contributed by atoms with Gasteiger partial charge in [-0.05, 0) is 42.8 Å². The minimum Gasteiger partial charge on any atom is -0.492 e. The zero-order valence-corrected chi connectivity index (χ0v) is 14.0. The van der Waals surface area contributed by atoms with Crippen molar-refractivity contribution in [3.8, 4) is 5.75 Å². The molecule has 116 valence electrons. The number of ether oxygens (including phenoxy) is 1. The van der Waals surface area contributed by atoms with Crippen molar-refractivity contribution in [1.82, 2.24) is 4.90 Å². The maximum Gasteiger partial charge on any atom is 0.253 e. The largest absolute Gasteiger partial charge is 0.492 e. The van der Waals surface area contributed by atoms with Crippen molar-refractivity contribution in [2.75, 3.05) is 13.7 Å². The first-order chi connectivity index (χ1) is 10.5. The second kappa shape index (κ2) is 7.52. The van der Waals surface area contributed by atoms with Crippen LogP contribution in [0.4, 0.5) is 0 Å². The molecule has 0 aliphatic carbocycles. The number of amides is 1. The molecule has 2 aromatic carbocycles. The van der Waals surface area contributed by atoms with Crippen LogP contribution < -0.4 is 4.74 Å². The third-order valence-electron chi connectivity index (χ3n) is 3.16. The van der Waals surface area contributed by atoms with E-state index in [0.717, 1.165) is 5.56 Å². The fourth-order valence-electron chi connectivity index (χ4n) is 2.06. The van der Waals surface area contributed by atoms with Crippen LogP contribution in [0, 0.1) is 0 Å². The zero-order chi connectivity index (χ0) is 16.1. The Balaban J connectivity index is 2.10. The van der Waals surface area contributed by atoms with Gasteiger partial charge in [-0.2, -0.15) is 0 Å². The molecule has 1 amide bonds. The highest BCUT2D eigenvalue weighted by Gasteiger charge is 2.14. The number of hydrogen-bond acceptors (Lipinski definition) is 2. The van der Waals surface area contributed by atoms with E-state index >= 15 is 0 Å².